The molecule has 0 aromatic heterocycles. The van der Waals surface area contributed by atoms with Crippen molar-refractivity contribution < 1.29 is 14.0 Å². The smallest absolute Gasteiger partial charge is 0.343 e. The number of benzene rings is 3. The summed E-state index contributed by atoms with van der Waals surface area (Å²) in [5.41, 5.74) is 14.8. The van der Waals surface area contributed by atoms with Crippen LogP contribution in [0, 0.1) is 0 Å². The average Bonchev–Trinajstić information content (AvgIpc) is 2.73. The third-order valence-electron chi connectivity index (χ3n) is 6.76. The fraction of sp³-hybridized carbons (Fsp3) is 0.321. The van der Waals surface area contributed by atoms with Crippen LogP contribution < -0.4 is 20.6 Å². The molecular weight excluding hydrogens is 440 g/mol. The third-order valence-corrected chi connectivity index (χ3v) is 11.1. The summed E-state index contributed by atoms with van der Waals surface area (Å²) in [4.78, 5) is 12.5. The lowest BCUT2D eigenvalue weighted by molar-refractivity contribution is 0.0735. The molecule has 0 amide bonds. The number of ether oxygens (including phenoxy) is 1. The molecule has 0 fully saturated rings. The van der Waals surface area contributed by atoms with Crippen LogP contribution >= 0.6 is 0 Å². The van der Waals surface area contributed by atoms with Crippen molar-refractivity contribution in [3.8, 4) is 11.5 Å². The summed E-state index contributed by atoms with van der Waals surface area (Å²) in [7, 11) is -1.88. The molecule has 0 bridgehead atoms. The van der Waals surface area contributed by atoms with Gasteiger partial charge in [0.2, 0.25) is 8.32 Å². The maximum absolute atomic E-state index is 12.5. The first-order valence-electron chi connectivity index (χ1n) is 11.5. The second-order valence-corrected chi connectivity index (χ2v) is 15.5. The van der Waals surface area contributed by atoms with E-state index in [2.05, 4.69) is 72.0 Å². The van der Waals surface area contributed by atoms with Crippen molar-refractivity contribution >= 4 is 25.7 Å². The van der Waals surface area contributed by atoms with E-state index < -0.39 is 14.3 Å². The van der Waals surface area contributed by atoms with Crippen molar-refractivity contribution in [3.05, 3.63) is 83.4 Å². The zero-order chi connectivity index (χ0) is 25.3. The van der Waals surface area contributed by atoms with Crippen LogP contribution in [0.3, 0.4) is 0 Å². The molecule has 5 nitrogen and oxygen atoms in total. The Morgan fingerprint density at radius 2 is 1.18 bits per heavy atom. The molecule has 0 unspecified atom stereocenters. The van der Waals surface area contributed by atoms with Crippen molar-refractivity contribution in [3.63, 3.8) is 0 Å². The van der Waals surface area contributed by atoms with Gasteiger partial charge in [0.25, 0.3) is 0 Å². The van der Waals surface area contributed by atoms with Crippen molar-refractivity contribution in [1.82, 2.24) is 0 Å². The number of carbonyl (C=O) groups excluding carboxylic acids is 1. The lowest BCUT2D eigenvalue weighted by Gasteiger charge is -2.36. The lowest BCUT2D eigenvalue weighted by atomic mass is 9.78. The van der Waals surface area contributed by atoms with Crippen LogP contribution in [-0.2, 0) is 5.41 Å². The van der Waals surface area contributed by atoms with Crippen molar-refractivity contribution in [2.24, 2.45) is 0 Å². The van der Waals surface area contributed by atoms with Gasteiger partial charge in [0, 0.05) is 16.8 Å². The molecule has 0 aliphatic heterocycles. The van der Waals surface area contributed by atoms with E-state index in [1.165, 1.54) is 5.56 Å². The van der Waals surface area contributed by atoms with Gasteiger partial charge in [0.05, 0.1) is 5.56 Å². The highest BCUT2D eigenvalue weighted by atomic mass is 28.4. The zero-order valence-corrected chi connectivity index (χ0v) is 22.2. The molecule has 6 heteroatoms. The minimum Gasteiger partial charge on any atom is -0.544 e. The summed E-state index contributed by atoms with van der Waals surface area (Å²) in [6, 6.07) is 20.6. The minimum atomic E-state index is -1.88. The number of rotatable bonds is 6. The van der Waals surface area contributed by atoms with Gasteiger partial charge in [0.15, 0.2) is 0 Å². The summed E-state index contributed by atoms with van der Waals surface area (Å²) >= 11 is 0. The summed E-state index contributed by atoms with van der Waals surface area (Å²) in [5, 5.41) is 0.149. The van der Waals surface area contributed by atoms with Gasteiger partial charge in [-0.3, -0.25) is 0 Å². The highest BCUT2D eigenvalue weighted by Crippen LogP contribution is 2.38. The Kier molecular flexibility index (Phi) is 6.85. The van der Waals surface area contributed by atoms with Crippen LogP contribution in [0.1, 0.15) is 56.1 Å². The molecule has 3 aromatic rings. The van der Waals surface area contributed by atoms with E-state index >= 15 is 0 Å². The average molecular weight is 477 g/mol. The quantitative estimate of drug-likeness (QED) is 0.177. The zero-order valence-electron chi connectivity index (χ0n) is 21.2. The number of esters is 1. The molecule has 3 rings (SSSR count). The Balaban J connectivity index is 1.73. The summed E-state index contributed by atoms with van der Waals surface area (Å²) < 4.78 is 11.9. The van der Waals surface area contributed by atoms with E-state index in [9.17, 15) is 4.79 Å². The van der Waals surface area contributed by atoms with Crippen LogP contribution in [0.4, 0.5) is 11.4 Å². The van der Waals surface area contributed by atoms with Gasteiger partial charge < -0.3 is 20.6 Å². The van der Waals surface area contributed by atoms with Crippen LogP contribution in [-0.4, -0.2) is 14.3 Å². The predicted octanol–water partition coefficient (Wildman–Crippen LogP) is 6.78. The van der Waals surface area contributed by atoms with Crippen molar-refractivity contribution in [2.75, 3.05) is 11.5 Å². The number of carbonyl (C=O) groups is 1. The second-order valence-electron chi connectivity index (χ2n) is 10.8. The Bertz CT molecular complexity index is 1140. The van der Waals surface area contributed by atoms with Gasteiger partial charge in [-0.2, -0.15) is 0 Å². The molecule has 4 N–H and O–H groups in total. The lowest BCUT2D eigenvalue weighted by Crippen LogP contribution is -2.43. The molecule has 0 aliphatic carbocycles. The Morgan fingerprint density at radius 3 is 1.62 bits per heavy atom. The Morgan fingerprint density at radius 1 is 0.735 bits per heavy atom. The van der Waals surface area contributed by atoms with E-state index in [0.717, 1.165) is 11.3 Å². The van der Waals surface area contributed by atoms with Crippen LogP contribution in [0.25, 0.3) is 0 Å². The summed E-state index contributed by atoms with van der Waals surface area (Å²) in [6.07, 6.45) is 0. The first-order chi connectivity index (χ1) is 15.7. The molecule has 0 radical (unpaired) electrons. The highest BCUT2D eigenvalue weighted by Gasteiger charge is 2.39. The van der Waals surface area contributed by atoms with Gasteiger partial charge in [-0.05, 0) is 71.7 Å². The first kappa shape index (κ1) is 25.4. The molecular formula is C28H36N2O3Si. The van der Waals surface area contributed by atoms with E-state index in [1.54, 1.807) is 30.3 Å². The summed E-state index contributed by atoms with van der Waals surface area (Å²) in [5.74, 6) is 0.877. The Labute approximate surface area is 204 Å². The van der Waals surface area contributed by atoms with E-state index in [1.807, 2.05) is 12.1 Å². The predicted molar refractivity (Wildman–Crippen MR) is 143 cm³/mol. The molecule has 180 valence electrons. The normalized spacial score (nSPS) is 12.3. The van der Waals surface area contributed by atoms with Crippen LogP contribution in [0.15, 0.2) is 66.7 Å². The molecule has 34 heavy (non-hydrogen) atoms. The molecule has 0 heterocycles. The Hall–Kier alpha value is -3.25. The molecule has 0 saturated heterocycles. The topological polar surface area (TPSA) is 87.6 Å². The molecule has 0 atom stereocenters. The third kappa shape index (κ3) is 5.62. The number of anilines is 2. The molecule has 3 aromatic carbocycles. The van der Waals surface area contributed by atoms with Gasteiger partial charge in [-0.15, -0.1) is 0 Å². The van der Waals surface area contributed by atoms with Crippen LogP contribution in [0.2, 0.25) is 18.1 Å². The standard InChI is InChI=1S/C28H36N2O3Si/c1-27(2,3)34(6,7)33-25-14-10-21(11-15-25)28(4,5)20-8-12-24(13-9-20)32-26(31)19-16-22(29)18-23(30)17-19/h8-18H,29-30H2,1-7H3. The number of nitrogens with two attached hydrogens (primary N) is 2. The largest absolute Gasteiger partial charge is 0.544 e. The summed E-state index contributed by atoms with van der Waals surface area (Å²) in [6.45, 7) is 15.6. The maximum Gasteiger partial charge on any atom is 0.343 e. The first-order valence-corrected chi connectivity index (χ1v) is 14.4. The van der Waals surface area contributed by atoms with Gasteiger partial charge in [0.1, 0.15) is 11.5 Å². The van der Waals surface area contributed by atoms with Crippen LogP contribution in [0.5, 0.6) is 11.5 Å². The minimum absolute atomic E-state index is 0.149. The van der Waals surface area contributed by atoms with E-state index in [-0.39, 0.29) is 10.5 Å². The van der Waals surface area contributed by atoms with Gasteiger partial charge >= 0.3 is 5.97 Å². The van der Waals surface area contributed by atoms with Gasteiger partial charge in [-0.25, -0.2) is 4.79 Å². The maximum atomic E-state index is 12.5. The SMILES string of the molecule is CC(C)(c1ccc(OC(=O)c2cc(N)cc(N)c2)cc1)c1ccc(O[Si](C)(C)C(C)(C)C)cc1. The van der Waals surface area contributed by atoms with E-state index in [4.69, 9.17) is 20.6 Å². The highest BCUT2D eigenvalue weighted by molar-refractivity contribution is 6.74. The fourth-order valence-corrected chi connectivity index (χ4v) is 4.49. The second kappa shape index (κ2) is 9.18. The number of nitrogen functional groups attached to an aromatic ring is 2. The molecule has 0 spiro atoms. The molecule has 0 aliphatic rings. The fourth-order valence-electron chi connectivity index (χ4n) is 3.45. The van der Waals surface area contributed by atoms with Gasteiger partial charge in [-0.1, -0.05) is 58.9 Å². The van der Waals surface area contributed by atoms with Crippen molar-refractivity contribution in [2.45, 2.75) is 58.2 Å². The van der Waals surface area contributed by atoms with Crippen molar-refractivity contribution in [1.29, 1.82) is 0 Å². The monoisotopic (exact) mass is 476 g/mol. The number of hydrogen-bond donors (Lipinski definition) is 2. The number of hydrogen-bond acceptors (Lipinski definition) is 5. The molecule has 0 saturated carbocycles. The van der Waals surface area contributed by atoms with E-state index in [0.29, 0.717) is 22.7 Å².